The Morgan fingerprint density at radius 1 is 1.08 bits per heavy atom. The summed E-state index contributed by atoms with van der Waals surface area (Å²) in [5.74, 6) is 6.13. The molecule has 24 heavy (non-hydrogen) atoms. The minimum Gasteiger partial charge on any atom is -0.479 e. The molecule has 2 aromatic rings. The van der Waals surface area contributed by atoms with Gasteiger partial charge in [0.15, 0.2) is 0 Å². The number of benzene rings is 1. The first-order valence-corrected chi connectivity index (χ1v) is 8.95. The summed E-state index contributed by atoms with van der Waals surface area (Å²) in [6.07, 6.45) is 1.62. The van der Waals surface area contributed by atoms with Crippen LogP contribution in [-0.2, 0) is 10.0 Å². The Kier molecular flexibility index (Phi) is 5.96. The van der Waals surface area contributed by atoms with Gasteiger partial charge in [0, 0.05) is 5.69 Å². The van der Waals surface area contributed by atoms with Crippen molar-refractivity contribution >= 4 is 10.0 Å². The number of ether oxygens (including phenoxy) is 1. The van der Waals surface area contributed by atoms with Gasteiger partial charge in [-0.1, -0.05) is 17.9 Å². The summed E-state index contributed by atoms with van der Waals surface area (Å²) in [4.78, 5) is 4.35. The van der Waals surface area contributed by atoms with Crippen molar-refractivity contribution in [2.75, 3.05) is 13.2 Å². The van der Waals surface area contributed by atoms with Gasteiger partial charge in [0.25, 0.3) is 0 Å². The number of aryl methyl sites for hydroxylation is 3. The molecule has 0 unspecified atom stereocenters. The molecule has 0 fully saturated rings. The standard InChI is InChI=1S/C18H20N2O3S/c1-14-6-9-18(12-15(14)2)24(21,22)20-10-4-5-11-23-17-8-7-16(3)19-13-17/h6-9,12-13,20H,10-11H2,1-3H3. The van der Waals surface area contributed by atoms with E-state index in [1.54, 1.807) is 24.4 Å². The molecule has 0 atom stereocenters. The van der Waals surface area contributed by atoms with E-state index in [0.29, 0.717) is 5.75 Å². The van der Waals surface area contributed by atoms with E-state index in [4.69, 9.17) is 4.74 Å². The molecule has 0 amide bonds. The first-order chi connectivity index (χ1) is 11.4. The number of nitrogens with one attached hydrogen (secondary N) is 1. The number of hydrogen-bond acceptors (Lipinski definition) is 4. The zero-order chi connectivity index (χ0) is 17.6. The summed E-state index contributed by atoms with van der Waals surface area (Å²) in [6.45, 7) is 5.92. The average Bonchev–Trinajstić information content (AvgIpc) is 2.55. The maximum atomic E-state index is 12.2. The molecule has 0 aliphatic carbocycles. The first kappa shape index (κ1) is 18.0. The number of pyridine rings is 1. The summed E-state index contributed by atoms with van der Waals surface area (Å²) < 4.78 is 32.2. The molecule has 1 heterocycles. The van der Waals surface area contributed by atoms with Crippen LogP contribution in [0.2, 0.25) is 0 Å². The Morgan fingerprint density at radius 2 is 1.88 bits per heavy atom. The Labute approximate surface area is 143 Å². The number of hydrogen-bond donors (Lipinski definition) is 1. The monoisotopic (exact) mass is 344 g/mol. The van der Waals surface area contributed by atoms with Gasteiger partial charge in [0.1, 0.15) is 12.4 Å². The lowest BCUT2D eigenvalue weighted by molar-refractivity contribution is 0.368. The van der Waals surface area contributed by atoms with E-state index in [1.165, 1.54) is 0 Å². The van der Waals surface area contributed by atoms with E-state index in [2.05, 4.69) is 21.5 Å². The molecule has 1 aromatic carbocycles. The molecule has 5 nitrogen and oxygen atoms in total. The first-order valence-electron chi connectivity index (χ1n) is 7.46. The van der Waals surface area contributed by atoms with Gasteiger partial charge in [-0.2, -0.15) is 4.72 Å². The number of aromatic nitrogens is 1. The fraction of sp³-hybridized carbons (Fsp3) is 0.278. The zero-order valence-electron chi connectivity index (χ0n) is 14.0. The van der Waals surface area contributed by atoms with Crippen molar-refractivity contribution < 1.29 is 13.2 Å². The molecular weight excluding hydrogens is 324 g/mol. The van der Waals surface area contributed by atoms with Crippen LogP contribution in [-0.4, -0.2) is 26.6 Å². The predicted octanol–water partition coefficient (Wildman–Crippen LogP) is 2.37. The maximum Gasteiger partial charge on any atom is 0.241 e. The summed E-state index contributed by atoms with van der Waals surface area (Å²) >= 11 is 0. The van der Waals surface area contributed by atoms with Crippen molar-refractivity contribution in [3.8, 4) is 17.6 Å². The maximum absolute atomic E-state index is 12.2. The van der Waals surface area contributed by atoms with E-state index < -0.39 is 10.0 Å². The molecule has 0 radical (unpaired) electrons. The highest BCUT2D eigenvalue weighted by Crippen LogP contribution is 2.14. The van der Waals surface area contributed by atoms with Crippen molar-refractivity contribution in [2.24, 2.45) is 0 Å². The lowest BCUT2D eigenvalue weighted by Gasteiger charge is -2.06. The Balaban J connectivity index is 1.85. The molecule has 0 saturated heterocycles. The third kappa shape index (κ3) is 5.08. The van der Waals surface area contributed by atoms with E-state index in [9.17, 15) is 8.42 Å². The third-order valence-electron chi connectivity index (χ3n) is 3.46. The SMILES string of the molecule is Cc1ccc(OCC#CCNS(=O)(=O)c2ccc(C)c(C)c2)cn1. The Bertz CT molecular complexity index is 863. The van der Waals surface area contributed by atoms with Crippen LogP contribution < -0.4 is 9.46 Å². The fourth-order valence-electron chi connectivity index (χ4n) is 1.87. The predicted molar refractivity (Wildman–Crippen MR) is 93.3 cm³/mol. The third-order valence-corrected chi connectivity index (χ3v) is 4.86. The van der Waals surface area contributed by atoms with Gasteiger partial charge in [-0.05, 0) is 56.2 Å². The normalized spacial score (nSPS) is 10.8. The molecule has 1 N–H and O–H groups in total. The van der Waals surface area contributed by atoms with E-state index >= 15 is 0 Å². The van der Waals surface area contributed by atoms with E-state index in [0.717, 1.165) is 16.8 Å². The Hall–Kier alpha value is -2.36. The zero-order valence-corrected chi connectivity index (χ0v) is 14.8. The van der Waals surface area contributed by atoms with Gasteiger partial charge >= 0.3 is 0 Å². The molecule has 6 heteroatoms. The van der Waals surface area contributed by atoms with Gasteiger partial charge in [-0.15, -0.1) is 0 Å². The fourth-order valence-corrected chi connectivity index (χ4v) is 2.88. The van der Waals surface area contributed by atoms with Crippen molar-refractivity contribution in [3.63, 3.8) is 0 Å². The van der Waals surface area contributed by atoms with Crippen LogP contribution in [0.15, 0.2) is 41.4 Å². The minimum atomic E-state index is -3.55. The van der Waals surface area contributed by atoms with Crippen LogP contribution in [0.1, 0.15) is 16.8 Å². The molecule has 0 aliphatic rings. The summed E-state index contributed by atoms with van der Waals surface area (Å²) in [5, 5.41) is 0. The average molecular weight is 344 g/mol. The van der Waals surface area contributed by atoms with Gasteiger partial charge in [0.2, 0.25) is 10.0 Å². The highest BCUT2D eigenvalue weighted by molar-refractivity contribution is 7.89. The van der Waals surface area contributed by atoms with Crippen LogP contribution in [0.4, 0.5) is 0 Å². The van der Waals surface area contributed by atoms with Gasteiger partial charge in [0.05, 0.1) is 17.6 Å². The second kappa shape index (κ2) is 7.95. The van der Waals surface area contributed by atoms with Gasteiger partial charge in [-0.25, -0.2) is 8.42 Å². The molecule has 2 rings (SSSR count). The van der Waals surface area contributed by atoms with Gasteiger partial charge < -0.3 is 4.74 Å². The lowest BCUT2D eigenvalue weighted by atomic mass is 10.1. The van der Waals surface area contributed by atoms with Crippen LogP contribution in [0.3, 0.4) is 0 Å². The number of sulfonamides is 1. The van der Waals surface area contributed by atoms with Crippen molar-refractivity contribution in [1.29, 1.82) is 0 Å². The summed E-state index contributed by atoms with van der Waals surface area (Å²) in [5.41, 5.74) is 2.90. The summed E-state index contributed by atoms with van der Waals surface area (Å²) in [6, 6.07) is 8.69. The van der Waals surface area contributed by atoms with E-state index in [-0.39, 0.29) is 18.0 Å². The van der Waals surface area contributed by atoms with Crippen LogP contribution in [0.5, 0.6) is 5.75 Å². The molecule has 0 aliphatic heterocycles. The lowest BCUT2D eigenvalue weighted by Crippen LogP contribution is -2.24. The van der Waals surface area contributed by atoms with E-state index in [1.807, 2.05) is 32.9 Å². The van der Waals surface area contributed by atoms with Crippen LogP contribution in [0, 0.1) is 32.6 Å². The van der Waals surface area contributed by atoms with Gasteiger partial charge in [-0.3, -0.25) is 4.98 Å². The highest BCUT2D eigenvalue weighted by atomic mass is 32.2. The van der Waals surface area contributed by atoms with Crippen molar-refractivity contribution in [1.82, 2.24) is 9.71 Å². The molecule has 0 saturated carbocycles. The van der Waals surface area contributed by atoms with Crippen LogP contribution >= 0.6 is 0 Å². The topological polar surface area (TPSA) is 68.3 Å². The van der Waals surface area contributed by atoms with Crippen molar-refractivity contribution in [2.45, 2.75) is 25.7 Å². The molecule has 1 aromatic heterocycles. The smallest absolute Gasteiger partial charge is 0.241 e. The second-order valence-electron chi connectivity index (χ2n) is 5.35. The minimum absolute atomic E-state index is 0.0325. The molecular formula is C18H20N2O3S. The Morgan fingerprint density at radius 3 is 2.54 bits per heavy atom. The van der Waals surface area contributed by atoms with Crippen LogP contribution in [0.25, 0.3) is 0 Å². The number of rotatable bonds is 5. The molecule has 0 bridgehead atoms. The quantitative estimate of drug-likeness (QED) is 0.846. The largest absolute Gasteiger partial charge is 0.479 e. The molecule has 126 valence electrons. The number of nitrogens with zero attached hydrogens (tertiary/aromatic N) is 1. The highest BCUT2D eigenvalue weighted by Gasteiger charge is 2.13. The second-order valence-corrected chi connectivity index (χ2v) is 7.12. The summed E-state index contributed by atoms with van der Waals surface area (Å²) in [7, 11) is -3.55. The van der Waals surface area contributed by atoms with Crippen molar-refractivity contribution in [3.05, 3.63) is 53.3 Å². The molecule has 0 spiro atoms.